The molecule has 0 aliphatic heterocycles. The lowest BCUT2D eigenvalue weighted by atomic mass is 9.59. The summed E-state index contributed by atoms with van der Waals surface area (Å²) in [6.07, 6.45) is 3.35. The molecule has 1 fully saturated rings. The highest BCUT2D eigenvalue weighted by molar-refractivity contribution is 5.31. The summed E-state index contributed by atoms with van der Waals surface area (Å²) in [5.74, 6) is 1.75. The van der Waals surface area contributed by atoms with Gasteiger partial charge in [0.15, 0.2) is 0 Å². The first-order valence-corrected chi connectivity index (χ1v) is 6.72. The molecule has 0 aromatic heterocycles. The molecule has 3 heteroatoms. The quantitative estimate of drug-likeness (QED) is 0.872. The van der Waals surface area contributed by atoms with E-state index in [1.54, 1.807) is 7.11 Å². The van der Waals surface area contributed by atoms with Crippen LogP contribution in [0.25, 0.3) is 0 Å². The molecular weight excluding hydrogens is 226 g/mol. The van der Waals surface area contributed by atoms with E-state index in [9.17, 15) is 0 Å². The van der Waals surface area contributed by atoms with Crippen molar-refractivity contribution in [3.05, 3.63) is 24.3 Å². The number of methoxy groups -OCH3 is 1. The first-order chi connectivity index (χ1) is 8.66. The van der Waals surface area contributed by atoms with E-state index in [1.807, 2.05) is 24.3 Å². The highest BCUT2D eigenvalue weighted by Crippen LogP contribution is 2.47. The van der Waals surface area contributed by atoms with Crippen molar-refractivity contribution in [3.8, 4) is 11.5 Å². The number of hydrogen-bond donors (Lipinski definition) is 1. The number of rotatable bonds is 5. The largest absolute Gasteiger partial charge is 0.497 e. The zero-order valence-corrected chi connectivity index (χ0v) is 11.5. The van der Waals surface area contributed by atoms with Gasteiger partial charge in [0.2, 0.25) is 0 Å². The summed E-state index contributed by atoms with van der Waals surface area (Å²) in [6, 6.07) is 8.04. The number of benzene rings is 1. The molecule has 0 heterocycles. The van der Waals surface area contributed by atoms with Crippen LogP contribution in [0.15, 0.2) is 24.3 Å². The molecule has 2 N–H and O–H groups in total. The van der Waals surface area contributed by atoms with E-state index < -0.39 is 0 Å². The van der Waals surface area contributed by atoms with E-state index in [-0.39, 0.29) is 17.6 Å². The molecule has 0 radical (unpaired) electrons. The first kappa shape index (κ1) is 13.2. The lowest BCUT2D eigenvalue weighted by molar-refractivity contribution is -0.0722. The van der Waals surface area contributed by atoms with Crippen molar-refractivity contribution in [2.45, 2.75) is 45.3 Å². The van der Waals surface area contributed by atoms with Gasteiger partial charge in [-0.1, -0.05) is 13.8 Å². The zero-order chi connectivity index (χ0) is 13.2. The van der Waals surface area contributed by atoms with Gasteiger partial charge in [-0.2, -0.15) is 0 Å². The highest BCUT2D eigenvalue weighted by atomic mass is 16.5. The van der Waals surface area contributed by atoms with Crippen molar-refractivity contribution in [3.63, 3.8) is 0 Å². The van der Waals surface area contributed by atoms with Crippen LogP contribution in [0.3, 0.4) is 0 Å². The van der Waals surface area contributed by atoms with E-state index >= 15 is 0 Å². The Morgan fingerprint density at radius 2 is 1.72 bits per heavy atom. The topological polar surface area (TPSA) is 44.5 Å². The molecule has 2 unspecified atom stereocenters. The summed E-state index contributed by atoms with van der Waals surface area (Å²) in [6.45, 7) is 4.40. The van der Waals surface area contributed by atoms with Crippen LogP contribution in [0.2, 0.25) is 0 Å². The summed E-state index contributed by atoms with van der Waals surface area (Å²) in [5, 5.41) is 0. The van der Waals surface area contributed by atoms with Gasteiger partial charge in [0, 0.05) is 17.9 Å². The second-order valence-electron chi connectivity index (χ2n) is 5.06. The monoisotopic (exact) mass is 249 g/mol. The Kier molecular flexibility index (Phi) is 3.81. The molecule has 3 nitrogen and oxygen atoms in total. The summed E-state index contributed by atoms with van der Waals surface area (Å²) >= 11 is 0. The van der Waals surface area contributed by atoms with Gasteiger partial charge in [-0.25, -0.2) is 0 Å². The van der Waals surface area contributed by atoms with Gasteiger partial charge >= 0.3 is 0 Å². The SMILES string of the molecule is CCC1(CC)C(N)CC1Oc1ccc(OC)cc1. The Bertz CT molecular complexity index is 384. The molecule has 1 aliphatic rings. The number of hydrogen-bond acceptors (Lipinski definition) is 3. The van der Waals surface area contributed by atoms with Crippen molar-refractivity contribution in [2.75, 3.05) is 7.11 Å². The summed E-state index contributed by atoms with van der Waals surface area (Å²) in [7, 11) is 1.67. The van der Waals surface area contributed by atoms with E-state index in [0.717, 1.165) is 30.8 Å². The van der Waals surface area contributed by atoms with Crippen LogP contribution < -0.4 is 15.2 Å². The number of nitrogens with two attached hydrogens (primary N) is 1. The van der Waals surface area contributed by atoms with E-state index in [2.05, 4.69) is 13.8 Å². The molecule has 0 bridgehead atoms. The average molecular weight is 249 g/mol. The second-order valence-corrected chi connectivity index (χ2v) is 5.06. The summed E-state index contributed by atoms with van der Waals surface area (Å²) < 4.78 is 11.2. The summed E-state index contributed by atoms with van der Waals surface area (Å²) in [4.78, 5) is 0. The fraction of sp³-hybridized carbons (Fsp3) is 0.600. The van der Waals surface area contributed by atoms with Gasteiger partial charge in [0.05, 0.1) is 7.11 Å². The zero-order valence-electron chi connectivity index (χ0n) is 11.5. The Morgan fingerprint density at radius 1 is 1.17 bits per heavy atom. The molecule has 0 saturated heterocycles. The van der Waals surface area contributed by atoms with Gasteiger partial charge < -0.3 is 15.2 Å². The minimum atomic E-state index is 0.153. The fourth-order valence-corrected chi connectivity index (χ4v) is 2.99. The maximum Gasteiger partial charge on any atom is 0.120 e. The Hall–Kier alpha value is -1.22. The summed E-state index contributed by atoms with van der Waals surface area (Å²) in [5.41, 5.74) is 6.32. The van der Waals surface area contributed by atoms with Gasteiger partial charge in [0.1, 0.15) is 17.6 Å². The predicted molar refractivity (Wildman–Crippen MR) is 73.0 cm³/mol. The third kappa shape index (κ3) is 2.07. The minimum Gasteiger partial charge on any atom is -0.497 e. The second kappa shape index (κ2) is 5.19. The third-order valence-corrected chi connectivity index (χ3v) is 4.50. The van der Waals surface area contributed by atoms with Crippen LogP contribution in [0, 0.1) is 5.41 Å². The van der Waals surface area contributed by atoms with Crippen molar-refractivity contribution in [1.82, 2.24) is 0 Å². The molecule has 100 valence electrons. The predicted octanol–water partition coefficient (Wildman–Crippen LogP) is 2.98. The Balaban J connectivity index is 2.05. The van der Waals surface area contributed by atoms with E-state index in [4.69, 9.17) is 15.2 Å². The van der Waals surface area contributed by atoms with Gasteiger partial charge in [-0.15, -0.1) is 0 Å². The van der Waals surface area contributed by atoms with Crippen LogP contribution >= 0.6 is 0 Å². The van der Waals surface area contributed by atoms with Gasteiger partial charge in [0.25, 0.3) is 0 Å². The average Bonchev–Trinajstić information content (AvgIpc) is 2.40. The van der Waals surface area contributed by atoms with Gasteiger partial charge in [-0.3, -0.25) is 0 Å². The lowest BCUT2D eigenvalue weighted by Gasteiger charge is -2.53. The fourth-order valence-electron chi connectivity index (χ4n) is 2.99. The van der Waals surface area contributed by atoms with Crippen LogP contribution in [-0.2, 0) is 0 Å². The molecule has 2 rings (SSSR count). The molecule has 1 aliphatic carbocycles. The molecule has 2 atom stereocenters. The third-order valence-electron chi connectivity index (χ3n) is 4.50. The minimum absolute atomic E-state index is 0.153. The standard InChI is InChI=1S/C15H23NO2/c1-4-15(5-2)13(16)10-14(15)18-12-8-6-11(17-3)7-9-12/h6-9,13-14H,4-5,10,16H2,1-3H3. The molecule has 0 spiro atoms. The lowest BCUT2D eigenvalue weighted by Crippen LogP contribution is -2.62. The van der Waals surface area contributed by atoms with Crippen molar-refractivity contribution < 1.29 is 9.47 Å². The maximum absolute atomic E-state index is 6.17. The molecule has 1 saturated carbocycles. The van der Waals surface area contributed by atoms with Crippen LogP contribution in [0.5, 0.6) is 11.5 Å². The molecule has 1 aromatic rings. The molecule has 18 heavy (non-hydrogen) atoms. The Morgan fingerprint density at radius 3 is 2.17 bits per heavy atom. The van der Waals surface area contributed by atoms with Crippen LogP contribution in [0.4, 0.5) is 0 Å². The van der Waals surface area contributed by atoms with Crippen LogP contribution in [0.1, 0.15) is 33.1 Å². The molecular formula is C15H23NO2. The van der Waals surface area contributed by atoms with E-state index in [0.29, 0.717) is 0 Å². The Labute approximate surface area is 109 Å². The van der Waals surface area contributed by atoms with Crippen molar-refractivity contribution >= 4 is 0 Å². The molecule has 0 amide bonds. The number of ether oxygens (including phenoxy) is 2. The van der Waals surface area contributed by atoms with E-state index in [1.165, 1.54) is 0 Å². The smallest absolute Gasteiger partial charge is 0.120 e. The van der Waals surface area contributed by atoms with Crippen molar-refractivity contribution in [1.29, 1.82) is 0 Å². The first-order valence-electron chi connectivity index (χ1n) is 6.72. The van der Waals surface area contributed by atoms with Gasteiger partial charge in [-0.05, 0) is 37.1 Å². The van der Waals surface area contributed by atoms with Crippen LogP contribution in [-0.4, -0.2) is 19.3 Å². The normalized spacial score (nSPS) is 25.3. The molecule has 1 aromatic carbocycles. The van der Waals surface area contributed by atoms with Crippen molar-refractivity contribution in [2.24, 2.45) is 11.1 Å². The maximum atomic E-state index is 6.17. The highest BCUT2D eigenvalue weighted by Gasteiger charge is 2.52.